The summed E-state index contributed by atoms with van der Waals surface area (Å²) in [6, 6.07) is 6.68. The van der Waals surface area contributed by atoms with Gasteiger partial charge in [0, 0.05) is 17.4 Å². The quantitative estimate of drug-likeness (QED) is 0.723. The van der Waals surface area contributed by atoms with Crippen LogP contribution in [0.25, 0.3) is 0 Å². The summed E-state index contributed by atoms with van der Waals surface area (Å²) in [6.45, 7) is 6.46. The molecule has 0 amide bonds. The molecule has 0 heterocycles. The average Bonchev–Trinajstić information content (AvgIpc) is 2.20. The molecule has 0 radical (unpaired) electrons. The predicted molar refractivity (Wildman–Crippen MR) is 68.2 cm³/mol. The number of hydrogen-bond donors (Lipinski definition) is 2. The van der Waals surface area contributed by atoms with E-state index in [0.29, 0.717) is 6.04 Å². The zero-order valence-electron chi connectivity index (χ0n) is 10.0. The van der Waals surface area contributed by atoms with Gasteiger partial charge in [-0.1, -0.05) is 25.8 Å². The molecule has 0 spiro atoms. The van der Waals surface area contributed by atoms with Gasteiger partial charge in [0.2, 0.25) is 0 Å². The van der Waals surface area contributed by atoms with Gasteiger partial charge >= 0.3 is 0 Å². The Morgan fingerprint density at radius 2 is 2.13 bits per heavy atom. The molecular formula is C13H22N2. The Morgan fingerprint density at radius 1 is 1.40 bits per heavy atom. The Morgan fingerprint density at radius 3 is 2.73 bits per heavy atom. The maximum absolute atomic E-state index is 5.86. The highest BCUT2D eigenvalue weighted by Crippen LogP contribution is 2.18. The summed E-state index contributed by atoms with van der Waals surface area (Å²) in [7, 11) is 0. The summed E-state index contributed by atoms with van der Waals surface area (Å²) in [6.07, 6.45) is 3.74. The van der Waals surface area contributed by atoms with Crippen molar-refractivity contribution in [2.24, 2.45) is 0 Å². The number of nitrogens with one attached hydrogen (secondary N) is 1. The van der Waals surface area contributed by atoms with Crippen molar-refractivity contribution in [3.05, 3.63) is 23.8 Å². The van der Waals surface area contributed by atoms with Gasteiger partial charge in [-0.25, -0.2) is 0 Å². The van der Waals surface area contributed by atoms with Gasteiger partial charge in [-0.05, 0) is 38.0 Å². The van der Waals surface area contributed by atoms with E-state index in [4.69, 9.17) is 5.73 Å². The molecule has 3 N–H and O–H groups in total. The molecule has 0 aromatic heterocycles. The Hall–Kier alpha value is -1.18. The fraction of sp³-hybridized carbons (Fsp3) is 0.538. The molecule has 2 heteroatoms. The van der Waals surface area contributed by atoms with Gasteiger partial charge in [0.1, 0.15) is 0 Å². The monoisotopic (exact) mass is 206 g/mol. The third-order valence-electron chi connectivity index (χ3n) is 2.68. The van der Waals surface area contributed by atoms with Crippen LogP contribution in [0.3, 0.4) is 0 Å². The highest BCUT2D eigenvalue weighted by Gasteiger charge is 2.02. The van der Waals surface area contributed by atoms with Crippen LogP contribution in [0, 0.1) is 6.92 Å². The molecule has 0 aliphatic rings. The van der Waals surface area contributed by atoms with Crippen molar-refractivity contribution in [1.29, 1.82) is 0 Å². The van der Waals surface area contributed by atoms with E-state index in [1.54, 1.807) is 0 Å². The summed E-state index contributed by atoms with van der Waals surface area (Å²) < 4.78 is 0. The third kappa shape index (κ3) is 3.82. The van der Waals surface area contributed by atoms with E-state index in [1.165, 1.54) is 19.3 Å². The molecule has 0 fully saturated rings. The second-order valence-corrected chi connectivity index (χ2v) is 4.26. The molecule has 0 saturated heterocycles. The van der Waals surface area contributed by atoms with Gasteiger partial charge in [-0.15, -0.1) is 0 Å². The topological polar surface area (TPSA) is 38.0 Å². The van der Waals surface area contributed by atoms with Gasteiger partial charge in [0.05, 0.1) is 0 Å². The number of unbranched alkanes of at least 4 members (excludes halogenated alkanes) is 1. The van der Waals surface area contributed by atoms with Crippen LogP contribution in [-0.4, -0.2) is 6.04 Å². The number of hydrogen-bond acceptors (Lipinski definition) is 2. The first kappa shape index (κ1) is 11.9. The average molecular weight is 206 g/mol. The van der Waals surface area contributed by atoms with Crippen LogP contribution < -0.4 is 11.1 Å². The maximum atomic E-state index is 5.86. The zero-order valence-corrected chi connectivity index (χ0v) is 10.0. The molecule has 1 rings (SSSR count). The molecule has 1 atom stereocenters. The second kappa shape index (κ2) is 5.64. The fourth-order valence-electron chi connectivity index (χ4n) is 1.60. The first-order chi connectivity index (χ1) is 7.13. The van der Waals surface area contributed by atoms with Gasteiger partial charge < -0.3 is 11.1 Å². The third-order valence-corrected chi connectivity index (χ3v) is 2.68. The summed E-state index contributed by atoms with van der Waals surface area (Å²) in [4.78, 5) is 0. The summed E-state index contributed by atoms with van der Waals surface area (Å²) in [5.74, 6) is 0. The van der Waals surface area contributed by atoms with Crippen LogP contribution in [-0.2, 0) is 0 Å². The van der Waals surface area contributed by atoms with Crippen molar-refractivity contribution < 1.29 is 0 Å². The number of rotatable bonds is 5. The summed E-state index contributed by atoms with van der Waals surface area (Å²) in [5, 5.41) is 3.46. The molecule has 0 saturated carbocycles. The number of benzene rings is 1. The van der Waals surface area contributed by atoms with Crippen molar-refractivity contribution in [1.82, 2.24) is 0 Å². The Bertz CT molecular complexity index is 307. The van der Waals surface area contributed by atoms with Crippen molar-refractivity contribution in [3.63, 3.8) is 0 Å². The Balaban J connectivity index is 2.53. The highest BCUT2D eigenvalue weighted by molar-refractivity contribution is 5.58. The molecule has 15 heavy (non-hydrogen) atoms. The minimum absolute atomic E-state index is 0.520. The fourth-order valence-corrected chi connectivity index (χ4v) is 1.60. The van der Waals surface area contributed by atoms with Crippen molar-refractivity contribution in [2.75, 3.05) is 11.1 Å². The van der Waals surface area contributed by atoms with E-state index < -0.39 is 0 Å². The number of aryl methyl sites for hydroxylation is 1. The molecule has 2 nitrogen and oxygen atoms in total. The Kier molecular flexibility index (Phi) is 4.47. The molecular weight excluding hydrogens is 184 g/mol. The van der Waals surface area contributed by atoms with Crippen molar-refractivity contribution in [2.45, 2.75) is 46.1 Å². The smallest absolute Gasteiger partial charge is 0.0364 e. The van der Waals surface area contributed by atoms with Crippen LogP contribution in [0.2, 0.25) is 0 Å². The SMILES string of the molecule is CCCCC(C)Nc1ccc(C)c(N)c1. The lowest BCUT2D eigenvalue weighted by molar-refractivity contribution is 0.645. The molecule has 1 aromatic rings. The van der Waals surface area contributed by atoms with Crippen LogP contribution >= 0.6 is 0 Å². The lowest BCUT2D eigenvalue weighted by atomic mass is 10.1. The van der Waals surface area contributed by atoms with E-state index in [-0.39, 0.29) is 0 Å². The van der Waals surface area contributed by atoms with Crippen LogP contribution in [0.5, 0.6) is 0 Å². The van der Waals surface area contributed by atoms with Crippen LogP contribution in [0.4, 0.5) is 11.4 Å². The van der Waals surface area contributed by atoms with Gasteiger partial charge in [-0.3, -0.25) is 0 Å². The first-order valence-corrected chi connectivity index (χ1v) is 5.76. The van der Waals surface area contributed by atoms with Crippen molar-refractivity contribution in [3.8, 4) is 0 Å². The van der Waals surface area contributed by atoms with E-state index in [1.807, 2.05) is 13.0 Å². The second-order valence-electron chi connectivity index (χ2n) is 4.26. The highest BCUT2D eigenvalue weighted by atomic mass is 14.9. The molecule has 84 valence electrons. The lowest BCUT2D eigenvalue weighted by Gasteiger charge is -2.15. The maximum Gasteiger partial charge on any atom is 0.0364 e. The van der Waals surface area contributed by atoms with E-state index in [0.717, 1.165) is 16.9 Å². The number of nitrogens with two attached hydrogens (primary N) is 1. The van der Waals surface area contributed by atoms with Crippen LogP contribution in [0.1, 0.15) is 38.7 Å². The van der Waals surface area contributed by atoms with Gasteiger partial charge in [-0.2, -0.15) is 0 Å². The molecule has 1 unspecified atom stereocenters. The number of anilines is 2. The molecule has 0 aliphatic heterocycles. The molecule has 0 aliphatic carbocycles. The Labute approximate surface area is 92.9 Å². The van der Waals surface area contributed by atoms with E-state index in [2.05, 4.69) is 31.3 Å². The summed E-state index contributed by atoms with van der Waals surface area (Å²) >= 11 is 0. The van der Waals surface area contributed by atoms with Crippen molar-refractivity contribution >= 4 is 11.4 Å². The van der Waals surface area contributed by atoms with Gasteiger partial charge in [0.25, 0.3) is 0 Å². The zero-order chi connectivity index (χ0) is 11.3. The lowest BCUT2D eigenvalue weighted by Crippen LogP contribution is -2.14. The minimum Gasteiger partial charge on any atom is -0.398 e. The molecule has 0 bridgehead atoms. The predicted octanol–water partition coefficient (Wildman–Crippen LogP) is 3.57. The van der Waals surface area contributed by atoms with E-state index in [9.17, 15) is 0 Å². The normalized spacial score (nSPS) is 12.5. The first-order valence-electron chi connectivity index (χ1n) is 5.76. The largest absolute Gasteiger partial charge is 0.398 e. The number of nitrogen functional groups attached to an aromatic ring is 1. The van der Waals surface area contributed by atoms with Crippen LogP contribution in [0.15, 0.2) is 18.2 Å². The molecule has 1 aromatic carbocycles. The minimum atomic E-state index is 0.520. The standard InChI is InChI=1S/C13H22N2/c1-4-5-6-11(3)15-12-8-7-10(2)13(14)9-12/h7-9,11,15H,4-6,14H2,1-3H3. The van der Waals surface area contributed by atoms with E-state index >= 15 is 0 Å². The summed E-state index contributed by atoms with van der Waals surface area (Å²) in [5.41, 5.74) is 8.99. The van der Waals surface area contributed by atoms with Gasteiger partial charge in [0.15, 0.2) is 0 Å².